The number of carbonyl (C=O) groups excluding carboxylic acids is 1. The third-order valence-electron chi connectivity index (χ3n) is 7.21. The van der Waals surface area contributed by atoms with Gasteiger partial charge in [0.15, 0.2) is 10.9 Å². The van der Waals surface area contributed by atoms with Crippen molar-refractivity contribution in [3.05, 3.63) is 40.8 Å². The monoisotopic (exact) mass is 455 g/mol. The van der Waals surface area contributed by atoms with Crippen LogP contribution in [0.3, 0.4) is 0 Å². The summed E-state index contributed by atoms with van der Waals surface area (Å²) >= 11 is 1.69. The Morgan fingerprint density at radius 3 is 2.81 bits per heavy atom. The fraction of sp³-hybridized carbons (Fsp3) is 0.615. The number of rotatable bonds is 10. The summed E-state index contributed by atoms with van der Waals surface area (Å²) in [5.41, 5.74) is 7.18. The van der Waals surface area contributed by atoms with Gasteiger partial charge in [0.05, 0.1) is 12.0 Å². The third-order valence-corrected chi connectivity index (χ3v) is 8.16. The molecule has 0 unspecified atom stereocenters. The largest absolute Gasteiger partial charge is 0.465 e. The first-order chi connectivity index (χ1) is 15.6. The molecule has 0 spiro atoms. The van der Waals surface area contributed by atoms with Gasteiger partial charge < -0.3 is 15.1 Å². The summed E-state index contributed by atoms with van der Waals surface area (Å²) in [6.07, 6.45) is 16.6. The molecule has 32 heavy (non-hydrogen) atoms. The zero-order chi connectivity index (χ0) is 22.3. The number of anilines is 1. The first kappa shape index (κ1) is 23.2. The second-order valence-corrected chi connectivity index (χ2v) is 10.7. The predicted molar refractivity (Wildman–Crippen MR) is 132 cm³/mol. The van der Waals surface area contributed by atoms with E-state index in [-0.39, 0.29) is 5.78 Å². The molecule has 1 saturated carbocycles. The van der Waals surface area contributed by atoms with Crippen molar-refractivity contribution >= 4 is 28.3 Å². The Morgan fingerprint density at radius 2 is 2.06 bits per heavy atom. The summed E-state index contributed by atoms with van der Waals surface area (Å²) in [7, 11) is 0. The van der Waals surface area contributed by atoms with Crippen molar-refractivity contribution in [3.63, 3.8) is 0 Å². The topological polar surface area (TPSA) is 72.4 Å². The van der Waals surface area contributed by atoms with Gasteiger partial charge in [-0.15, -0.1) is 11.3 Å². The lowest BCUT2D eigenvalue weighted by Gasteiger charge is -2.36. The van der Waals surface area contributed by atoms with Gasteiger partial charge >= 0.3 is 0 Å². The van der Waals surface area contributed by atoms with Gasteiger partial charge in [0.25, 0.3) is 0 Å². The van der Waals surface area contributed by atoms with Gasteiger partial charge in [-0.25, -0.2) is 4.98 Å². The molecule has 0 saturated heterocycles. The number of nitrogens with two attached hydrogens (primary N) is 1. The van der Waals surface area contributed by atoms with E-state index < -0.39 is 0 Å². The number of aryl methyl sites for hydroxylation is 1. The van der Waals surface area contributed by atoms with E-state index in [0.29, 0.717) is 18.4 Å². The molecule has 2 aromatic rings. The van der Waals surface area contributed by atoms with Crippen LogP contribution in [0.5, 0.6) is 0 Å². The van der Waals surface area contributed by atoms with E-state index in [9.17, 15) is 4.79 Å². The number of thiazole rings is 1. The number of hydrogen-bond donors (Lipinski definition) is 1. The van der Waals surface area contributed by atoms with Crippen LogP contribution >= 0.6 is 11.3 Å². The molecule has 2 N–H and O–H groups in total. The van der Waals surface area contributed by atoms with Crippen LogP contribution in [0.15, 0.2) is 28.9 Å². The minimum atomic E-state index is 0.222. The van der Waals surface area contributed by atoms with Crippen molar-refractivity contribution in [3.8, 4) is 0 Å². The Kier molecular flexibility index (Phi) is 8.20. The first-order valence-electron chi connectivity index (χ1n) is 12.3. The molecule has 5 nitrogen and oxygen atoms in total. The maximum atomic E-state index is 12.3. The van der Waals surface area contributed by atoms with Crippen molar-refractivity contribution in [2.75, 3.05) is 18.8 Å². The lowest BCUT2D eigenvalue weighted by molar-refractivity contribution is -0.115. The van der Waals surface area contributed by atoms with Gasteiger partial charge in [-0.2, -0.15) is 0 Å². The highest BCUT2D eigenvalue weighted by Crippen LogP contribution is 2.34. The van der Waals surface area contributed by atoms with Crippen molar-refractivity contribution in [2.24, 2.45) is 11.8 Å². The minimum Gasteiger partial charge on any atom is -0.465 e. The number of aromatic nitrogens is 1. The summed E-state index contributed by atoms with van der Waals surface area (Å²) < 4.78 is 5.26. The number of carbonyl (C=O) groups is 1. The van der Waals surface area contributed by atoms with Crippen LogP contribution in [0.2, 0.25) is 0 Å². The van der Waals surface area contributed by atoms with E-state index in [4.69, 9.17) is 10.2 Å². The van der Waals surface area contributed by atoms with Crippen molar-refractivity contribution in [2.45, 2.75) is 77.2 Å². The van der Waals surface area contributed by atoms with Gasteiger partial charge in [-0.1, -0.05) is 19.8 Å². The molecule has 4 rings (SSSR count). The number of fused-ring (bicyclic) bond motifs is 1. The van der Waals surface area contributed by atoms with E-state index in [1.807, 2.05) is 12.1 Å². The summed E-state index contributed by atoms with van der Waals surface area (Å²) in [5, 5.41) is 0.726. The molecule has 2 aliphatic carbocycles. The second-order valence-electron chi connectivity index (χ2n) is 9.55. The van der Waals surface area contributed by atoms with Gasteiger partial charge in [-0.05, 0) is 94.2 Å². The Bertz CT molecular complexity index is 881. The summed E-state index contributed by atoms with van der Waals surface area (Å²) in [4.78, 5) is 20.9. The van der Waals surface area contributed by atoms with Crippen LogP contribution in [-0.4, -0.2) is 34.8 Å². The standard InChI is InChI=1S/C26H37N3O2S/c1-2-14-29(21-9-12-24-25(18-21)32-26(27)28-24)15-13-19-5-7-20(8-6-19)17-22(30)10-11-23-4-3-16-31-23/h3-4,10-11,16,19-21H,2,5-9,12-15,17-18H2,1H3,(H2,27,28)/b11-10+/t19?,20?,21-/m0/s1. The average Bonchev–Trinajstić information content (AvgIpc) is 3.44. The van der Waals surface area contributed by atoms with Crippen LogP contribution in [-0.2, 0) is 17.6 Å². The van der Waals surface area contributed by atoms with Crippen molar-refractivity contribution < 1.29 is 9.21 Å². The molecule has 0 aliphatic heterocycles. The quantitative estimate of drug-likeness (QED) is 0.461. The Balaban J connectivity index is 1.20. The number of hydrogen-bond acceptors (Lipinski definition) is 6. The molecule has 1 atom stereocenters. The Morgan fingerprint density at radius 1 is 1.25 bits per heavy atom. The zero-order valence-electron chi connectivity index (χ0n) is 19.3. The van der Waals surface area contributed by atoms with Crippen LogP contribution in [0.4, 0.5) is 5.13 Å². The number of furan rings is 1. The van der Waals surface area contributed by atoms with E-state index in [0.717, 1.165) is 29.7 Å². The SMILES string of the molecule is CCCN(CCC1CCC(CC(=O)/C=C/c2ccco2)CC1)[C@H]1CCc2nc(N)sc2C1. The number of nitrogens with zero attached hydrogens (tertiary/aromatic N) is 2. The van der Waals surface area contributed by atoms with Gasteiger partial charge in [-0.3, -0.25) is 4.79 Å². The summed E-state index contributed by atoms with van der Waals surface area (Å²) in [6, 6.07) is 4.35. The van der Waals surface area contributed by atoms with Gasteiger partial charge in [0.1, 0.15) is 5.76 Å². The molecule has 0 amide bonds. The van der Waals surface area contributed by atoms with E-state index in [1.54, 1.807) is 29.8 Å². The second kappa shape index (κ2) is 11.3. The number of ketones is 1. The smallest absolute Gasteiger partial charge is 0.180 e. The predicted octanol–water partition coefficient (Wildman–Crippen LogP) is 5.76. The summed E-state index contributed by atoms with van der Waals surface area (Å²) in [6.45, 7) is 4.66. The molecule has 1 fully saturated rings. The highest BCUT2D eigenvalue weighted by molar-refractivity contribution is 7.15. The average molecular weight is 456 g/mol. The summed E-state index contributed by atoms with van der Waals surface area (Å²) in [5.74, 6) is 2.31. The normalized spacial score (nSPS) is 23.6. The van der Waals surface area contributed by atoms with Crippen LogP contribution in [0, 0.1) is 11.8 Å². The van der Waals surface area contributed by atoms with E-state index in [1.165, 1.54) is 68.6 Å². The molecule has 0 radical (unpaired) electrons. The highest BCUT2D eigenvalue weighted by atomic mass is 32.1. The van der Waals surface area contributed by atoms with Crippen LogP contribution in [0.25, 0.3) is 6.08 Å². The molecule has 2 aromatic heterocycles. The van der Waals surface area contributed by atoms with Gasteiger partial charge in [0, 0.05) is 17.3 Å². The Labute approximate surface area is 196 Å². The van der Waals surface area contributed by atoms with E-state index >= 15 is 0 Å². The molecule has 6 heteroatoms. The van der Waals surface area contributed by atoms with Crippen LogP contribution in [0.1, 0.15) is 74.6 Å². The van der Waals surface area contributed by atoms with Crippen molar-refractivity contribution in [1.29, 1.82) is 0 Å². The molecule has 0 bridgehead atoms. The fourth-order valence-corrected chi connectivity index (χ4v) is 6.39. The molecular weight excluding hydrogens is 418 g/mol. The highest BCUT2D eigenvalue weighted by Gasteiger charge is 2.28. The lowest BCUT2D eigenvalue weighted by atomic mass is 9.78. The molecule has 174 valence electrons. The van der Waals surface area contributed by atoms with Gasteiger partial charge in [0.2, 0.25) is 0 Å². The fourth-order valence-electron chi connectivity index (χ4n) is 5.44. The molecule has 2 aliphatic rings. The van der Waals surface area contributed by atoms with Crippen molar-refractivity contribution in [1.82, 2.24) is 9.88 Å². The lowest BCUT2D eigenvalue weighted by Crippen LogP contribution is -2.41. The minimum absolute atomic E-state index is 0.222. The maximum absolute atomic E-state index is 12.3. The third kappa shape index (κ3) is 6.32. The zero-order valence-corrected chi connectivity index (χ0v) is 20.1. The molecule has 0 aromatic carbocycles. The maximum Gasteiger partial charge on any atom is 0.180 e. The molecular formula is C26H37N3O2S. The number of nitrogen functional groups attached to an aromatic ring is 1. The first-order valence-corrected chi connectivity index (χ1v) is 13.1. The Hall–Kier alpha value is -1.92. The molecule has 2 heterocycles. The van der Waals surface area contributed by atoms with Crippen LogP contribution < -0.4 is 5.73 Å². The van der Waals surface area contributed by atoms with E-state index in [2.05, 4.69) is 16.8 Å². The number of allylic oxidation sites excluding steroid dienone is 1.